The standard InChI is InChI=1S/C19H26N2O3S/c1-5-12-25-19-20-13(4)16(18(22)24-7-3)17(21-19)14-10-8-9-11-15(14)23-6-2/h8-11,17H,5-7,12H2,1-4H3,(H,20,21)/t17-/m0/s1. The molecule has 1 N–H and O–H groups in total. The Hall–Kier alpha value is -1.95. The van der Waals surface area contributed by atoms with Crippen molar-refractivity contribution in [2.75, 3.05) is 19.0 Å². The lowest BCUT2D eigenvalue weighted by Gasteiger charge is -2.26. The summed E-state index contributed by atoms with van der Waals surface area (Å²) >= 11 is 1.66. The number of hydrogen-bond donors (Lipinski definition) is 1. The lowest BCUT2D eigenvalue weighted by Crippen LogP contribution is -2.30. The first-order chi connectivity index (χ1) is 12.1. The van der Waals surface area contributed by atoms with E-state index in [2.05, 4.69) is 12.2 Å². The number of aliphatic imine (C=N–C) groups is 1. The molecule has 136 valence electrons. The van der Waals surface area contributed by atoms with Crippen molar-refractivity contribution in [3.63, 3.8) is 0 Å². The number of amidine groups is 1. The van der Waals surface area contributed by atoms with Gasteiger partial charge in [0.15, 0.2) is 5.17 Å². The summed E-state index contributed by atoms with van der Waals surface area (Å²) in [4.78, 5) is 17.3. The Labute approximate surface area is 153 Å². The van der Waals surface area contributed by atoms with E-state index >= 15 is 0 Å². The Morgan fingerprint density at radius 1 is 1.24 bits per heavy atom. The third kappa shape index (κ3) is 4.78. The molecule has 0 amide bonds. The normalized spacial score (nSPS) is 17.0. The summed E-state index contributed by atoms with van der Waals surface area (Å²) in [5.41, 5.74) is 2.20. The number of ether oxygens (including phenoxy) is 2. The second-order valence-corrected chi connectivity index (χ2v) is 6.62. The van der Waals surface area contributed by atoms with Crippen LogP contribution in [0.2, 0.25) is 0 Å². The van der Waals surface area contributed by atoms with Crippen molar-refractivity contribution >= 4 is 22.9 Å². The van der Waals surface area contributed by atoms with Crippen LogP contribution in [0.25, 0.3) is 0 Å². The summed E-state index contributed by atoms with van der Waals surface area (Å²) in [6.07, 6.45) is 1.05. The Bertz CT molecular complexity index is 670. The van der Waals surface area contributed by atoms with Gasteiger partial charge in [0, 0.05) is 17.0 Å². The maximum absolute atomic E-state index is 12.5. The van der Waals surface area contributed by atoms with Crippen LogP contribution in [0.15, 0.2) is 40.5 Å². The molecule has 6 heteroatoms. The fourth-order valence-corrected chi connectivity index (χ4v) is 3.41. The van der Waals surface area contributed by atoms with E-state index in [1.165, 1.54) is 0 Å². The van der Waals surface area contributed by atoms with E-state index in [9.17, 15) is 4.79 Å². The maximum Gasteiger partial charge on any atom is 0.338 e. The molecule has 0 saturated carbocycles. The predicted octanol–water partition coefficient (Wildman–Crippen LogP) is 4.07. The van der Waals surface area contributed by atoms with Gasteiger partial charge in [0.2, 0.25) is 0 Å². The highest BCUT2D eigenvalue weighted by Gasteiger charge is 2.32. The highest BCUT2D eigenvalue weighted by Crippen LogP contribution is 2.37. The number of para-hydroxylation sites is 1. The number of carbonyl (C=O) groups is 1. The summed E-state index contributed by atoms with van der Waals surface area (Å²) in [6, 6.07) is 7.30. The maximum atomic E-state index is 12.5. The van der Waals surface area contributed by atoms with Crippen LogP contribution in [0.3, 0.4) is 0 Å². The van der Waals surface area contributed by atoms with Gasteiger partial charge in [0.05, 0.1) is 18.8 Å². The molecule has 1 aliphatic heterocycles. The quantitative estimate of drug-likeness (QED) is 0.741. The fourth-order valence-electron chi connectivity index (χ4n) is 2.61. The number of nitrogens with one attached hydrogen (secondary N) is 1. The van der Waals surface area contributed by atoms with Crippen molar-refractivity contribution in [1.29, 1.82) is 0 Å². The largest absolute Gasteiger partial charge is 0.494 e. The first kappa shape index (κ1) is 19.4. The molecule has 1 heterocycles. The third-order valence-electron chi connectivity index (χ3n) is 3.67. The number of nitrogens with zero attached hydrogens (tertiary/aromatic N) is 1. The molecule has 0 aliphatic carbocycles. The molecule has 25 heavy (non-hydrogen) atoms. The van der Waals surface area contributed by atoms with Crippen LogP contribution in [0, 0.1) is 0 Å². The molecule has 5 nitrogen and oxygen atoms in total. The van der Waals surface area contributed by atoms with Gasteiger partial charge >= 0.3 is 5.97 Å². The highest BCUT2D eigenvalue weighted by atomic mass is 32.2. The molecule has 1 atom stereocenters. The molecule has 0 unspecified atom stereocenters. The molecule has 1 aromatic rings. The van der Waals surface area contributed by atoms with Gasteiger partial charge in [-0.15, -0.1) is 0 Å². The van der Waals surface area contributed by atoms with Crippen molar-refractivity contribution in [2.24, 2.45) is 4.99 Å². The Kier molecular flexibility index (Phi) is 7.37. The molecular weight excluding hydrogens is 336 g/mol. The molecule has 0 bridgehead atoms. The summed E-state index contributed by atoms with van der Waals surface area (Å²) in [5, 5.41) is 4.07. The van der Waals surface area contributed by atoms with Gasteiger partial charge in [0.1, 0.15) is 11.8 Å². The monoisotopic (exact) mass is 362 g/mol. The minimum Gasteiger partial charge on any atom is -0.494 e. The molecule has 1 aliphatic rings. The van der Waals surface area contributed by atoms with Gasteiger partial charge in [-0.25, -0.2) is 9.79 Å². The fraction of sp³-hybridized carbons (Fsp3) is 0.474. The predicted molar refractivity (Wildman–Crippen MR) is 103 cm³/mol. The number of allylic oxidation sites excluding steroid dienone is 1. The van der Waals surface area contributed by atoms with E-state index in [-0.39, 0.29) is 5.97 Å². The zero-order valence-electron chi connectivity index (χ0n) is 15.3. The molecule has 0 spiro atoms. The van der Waals surface area contributed by atoms with Crippen molar-refractivity contribution in [1.82, 2.24) is 5.32 Å². The van der Waals surface area contributed by atoms with E-state index in [0.717, 1.165) is 34.4 Å². The van der Waals surface area contributed by atoms with E-state index in [4.69, 9.17) is 14.5 Å². The van der Waals surface area contributed by atoms with Crippen LogP contribution in [0.5, 0.6) is 5.75 Å². The first-order valence-electron chi connectivity index (χ1n) is 8.69. The first-order valence-corrected chi connectivity index (χ1v) is 9.68. The van der Waals surface area contributed by atoms with Gasteiger partial charge < -0.3 is 14.8 Å². The minimum absolute atomic E-state index is 0.330. The van der Waals surface area contributed by atoms with E-state index < -0.39 is 6.04 Å². The molecule has 0 fully saturated rings. The van der Waals surface area contributed by atoms with Gasteiger partial charge in [-0.05, 0) is 33.3 Å². The molecular formula is C19H26N2O3S. The molecule has 0 aromatic heterocycles. The van der Waals surface area contributed by atoms with Gasteiger partial charge in [0.25, 0.3) is 0 Å². The van der Waals surface area contributed by atoms with E-state index in [1.54, 1.807) is 18.7 Å². The lowest BCUT2D eigenvalue weighted by molar-refractivity contribution is -0.138. The SMILES string of the molecule is CCCSC1=N[C@@H](c2ccccc2OCC)C(C(=O)OCC)=C(C)N1. The number of benzene rings is 1. The number of thioether (sulfide) groups is 1. The second-order valence-electron chi connectivity index (χ2n) is 5.54. The van der Waals surface area contributed by atoms with E-state index in [1.807, 2.05) is 38.1 Å². The number of carbonyl (C=O) groups excluding carboxylic acids is 1. The summed E-state index contributed by atoms with van der Waals surface area (Å²) < 4.78 is 11.0. The average molecular weight is 362 g/mol. The number of esters is 1. The Balaban J connectivity index is 2.47. The van der Waals surface area contributed by atoms with E-state index in [0.29, 0.717) is 18.8 Å². The van der Waals surface area contributed by atoms with Crippen molar-refractivity contribution < 1.29 is 14.3 Å². The summed E-state index contributed by atoms with van der Waals surface area (Å²) in [5.74, 6) is 1.37. The van der Waals surface area contributed by atoms with Crippen LogP contribution in [-0.2, 0) is 9.53 Å². The zero-order chi connectivity index (χ0) is 18.2. The average Bonchev–Trinajstić information content (AvgIpc) is 2.60. The highest BCUT2D eigenvalue weighted by molar-refractivity contribution is 8.13. The summed E-state index contributed by atoms with van der Waals surface area (Å²) in [7, 11) is 0. The smallest absolute Gasteiger partial charge is 0.338 e. The Morgan fingerprint density at radius 2 is 2.00 bits per heavy atom. The molecule has 0 radical (unpaired) electrons. The topological polar surface area (TPSA) is 59.9 Å². The van der Waals surface area contributed by atoms with Crippen LogP contribution >= 0.6 is 11.8 Å². The third-order valence-corrected chi connectivity index (χ3v) is 4.76. The van der Waals surface area contributed by atoms with Crippen molar-refractivity contribution in [3.8, 4) is 5.75 Å². The minimum atomic E-state index is -0.428. The molecule has 1 aromatic carbocycles. The van der Waals surface area contributed by atoms with Gasteiger partial charge in [-0.2, -0.15) is 0 Å². The number of hydrogen-bond acceptors (Lipinski definition) is 6. The van der Waals surface area contributed by atoms with Gasteiger partial charge in [-0.1, -0.05) is 36.9 Å². The van der Waals surface area contributed by atoms with Crippen LogP contribution in [0.4, 0.5) is 0 Å². The van der Waals surface area contributed by atoms with Crippen LogP contribution < -0.4 is 10.1 Å². The zero-order valence-corrected chi connectivity index (χ0v) is 16.1. The lowest BCUT2D eigenvalue weighted by atomic mass is 9.96. The second kappa shape index (κ2) is 9.51. The Morgan fingerprint density at radius 3 is 2.68 bits per heavy atom. The van der Waals surface area contributed by atoms with Crippen LogP contribution in [0.1, 0.15) is 45.7 Å². The number of rotatable bonds is 7. The van der Waals surface area contributed by atoms with Crippen LogP contribution in [-0.4, -0.2) is 30.1 Å². The van der Waals surface area contributed by atoms with Crippen molar-refractivity contribution in [3.05, 3.63) is 41.1 Å². The molecule has 2 rings (SSSR count). The summed E-state index contributed by atoms with van der Waals surface area (Å²) in [6.45, 7) is 8.66. The van der Waals surface area contributed by atoms with Crippen molar-refractivity contribution in [2.45, 2.75) is 40.2 Å². The molecule has 0 saturated heterocycles. The van der Waals surface area contributed by atoms with Gasteiger partial charge in [-0.3, -0.25) is 0 Å².